The molecule has 0 unspecified atom stereocenters. The number of halogens is 1. The number of nitrogens with zero attached hydrogens (tertiary/aromatic N) is 2. The van der Waals surface area contributed by atoms with Crippen molar-refractivity contribution in [2.24, 2.45) is 0 Å². The molecule has 4 aromatic rings. The van der Waals surface area contributed by atoms with Gasteiger partial charge in [0.25, 0.3) is 11.8 Å². The fraction of sp³-hybridized carbons (Fsp3) is 0. The highest BCUT2D eigenvalue weighted by Crippen LogP contribution is 2.24. The van der Waals surface area contributed by atoms with E-state index < -0.39 is 0 Å². The van der Waals surface area contributed by atoms with Gasteiger partial charge in [0.2, 0.25) is 5.82 Å². The van der Waals surface area contributed by atoms with Gasteiger partial charge in [-0.1, -0.05) is 35.0 Å². The van der Waals surface area contributed by atoms with Crippen LogP contribution in [0.5, 0.6) is 0 Å². The molecule has 1 amide bonds. The monoisotopic (exact) mass is 375 g/mol. The van der Waals surface area contributed by atoms with Crippen LogP contribution in [-0.4, -0.2) is 16.0 Å². The summed E-state index contributed by atoms with van der Waals surface area (Å²) in [7, 11) is 0. The summed E-state index contributed by atoms with van der Waals surface area (Å²) in [4.78, 5) is 16.6. The molecule has 3 aromatic carbocycles. The zero-order valence-corrected chi connectivity index (χ0v) is 14.9. The summed E-state index contributed by atoms with van der Waals surface area (Å²) < 4.78 is 5.34. The van der Waals surface area contributed by atoms with Gasteiger partial charge in [0.15, 0.2) is 0 Å². The Morgan fingerprint density at radius 3 is 2.22 bits per heavy atom. The highest BCUT2D eigenvalue weighted by Gasteiger charge is 2.11. The van der Waals surface area contributed by atoms with E-state index >= 15 is 0 Å². The first-order valence-corrected chi connectivity index (χ1v) is 8.63. The molecular weight excluding hydrogens is 362 g/mol. The second-order valence-electron chi connectivity index (χ2n) is 5.83. The Morgan fingerprint density at radius 2 is 1.52 bits per heavy atom. The van der Waals surface area contributed by atoms with Crippen LogP contribution in [0, 0.1) is 0 Å². The van der Waals surface area contributed by atoms with Crippen LogP contribution in [0.25, 0.3) is 22.8 Å². The molecule has 1 aromatic heterocycles. The molecule has 0 spiro atoms. The lowest BCUT2D eigenvalue weighted by atomic mass is 10.2. The second kappa shape index (κ2) is 7.43. The van der Waals surface area contributed by atoms with Crippen molar-refractivity contribution in [3.8, 4) is 22.8 Å². The second-order valence-corrected chi connectivity index (χ2v) is 6.26. The van der Waals surface area contributed by atoms with Crippen molar-refractivity contribution >= 4 is 23.2 Å². The summed E-state index contributed by atoms with van der Waals surface area (Å²) in [6.45, 7) is 0. The maximum Gasteiger partial charge on any atom is 0.258 e. The van der Waals surface area contributed by atoms with Crippen LogP contribution >= 0.6 is 11.6 Å². The van der Waals surface area contributed by atoms with E-state index in [0.717, 1.165) is 11.1 Å². The van der Waals surface area contributed by atoms with Crippen molar-refractivity contribution < 1.29 is 9.32 Å². The number of amides is 1. The van der Waals surface area contributed by atoms with E-state index in [2.05, 4.69) is 15.5 Å². The third kappa shape index (κ3) is 3.88. The minimum absolute atomic E-state index is 0.161. The molecule has 1 heterocycles. The molecule has 132 valence electrons. The fourth-order valence-electron chi connectivity index (χ4n) is 2.55. The average Bonchev–Trinajstić information content (AvgIpc) is 3.20. The number of aromatic nitrogens is 2. The molecule has 0 aliphatic heterocycles. The van der Waals surface area contributed by atoms with Crippen LogP contribution in [0.2, 0.25) is 5.02 Å². The molecule has 0 aliphatic carbocycles. The predicted octanol–water partition coefficient (Wildman–Crippen LogP) is 5.31. The van der Waals surface area contributed by atoms with E-state index in [-0.39, 0.29) is 5.91 Å². The van der Waals surface area contributed by atoms with Crippen LogP contribution in [0.1, 0.15) is 10.4 Å². The highest BCUT2D eigenvalue weighted by molar-refractivity contribution is 6.30. The summed E-state index contributed by atoms with van der Waals surface area (Å²) in [5.41, 5.74) is 2.87. The Morgan fingerprint density at radius 1 is 0.852 bits per heavy atom. The first-order chi connectivity index (χ1) is 13.2. The SMILES string of the molecule is O=C(Nc1ccc(-c2nc(-c3ccc(Cl)cc3)no2)cc1)c1ccccc1. The van der Waals surface area contributed by atoms with Gasteiger partial charge in [-0.2, -0.15) is 4.98 Å². The standard InChI is InChI=1S/C21H14ClN3O2/c22-17-10-6-14(7-11-17)19-24-21(27-25-19)16-8-12-18(13-9-16)23-20(26)15-4-2-1-3-5-15/h1-13H,(H,23,26). The molecule has 0 saturated carbocycles. The van der Waals surface area contributed by atoms with Crippen molar-refractivity contribution in [1.82, 2.24) is 10.1 Å². The first kappa shape index (κ1) is 17.0. The van der Waals surface area contributed by atoms with Crippen LogP contribution in [0.4, 0.5) is 5.69 Å². The summed E-state index contributed by atoms with van der Waals surface area (Å²) in [5, 5.41) is 7.51. The molecule has 4 rings (SSSR count). The van der Waals surface area contributed by atoms with E-state index in [1.54, 1.807) is 36.4 Å². The van der Waals surface area contributed by atoms with Crippen LogP contribution in [0.3, 0.4) is 0 Å². The highest BCUT2D eigenvalue weighted by atomic mass is 35.5. The van der Waals surface area contributed by atoms with Gasteiger partial charge in [0, 0.05) is 27.4 Å². The lowest BCUT2D eigenvalue weighted by molar-refractivity contribution is 0.102. The zero-order valence-electron chi connectivity index (χ0n) is 14.1. The molecule has 0 fully saturated rings. The smallest absolute Gasteiger partial charge is 0.258 e. The maximum absolute atomic E-state index is 12.2. The molecule has 1 N–H and O–H groups in total. The fourth-order valence-corrected chi connectivity index (χ4v) is 2.67. The van der Waals surface area contributed by atoms with E-state index in [0.29, 0.717) is 28.0 Å². The van der Waals surface area contributed by atoms with Crippen molar-refractivity contribution in [3.05, 3.63) is 89.4 Å². The van der Waals surface area contributed by atoms with Gasteiger partial charge < -0.3 is 9.84 Å². The van der Waals surface area contributed by atoms with Crippen molar-refractivity contribution in [2.75, 3.05) is 5.32 Å². The van der Waals surface area contributed by atoms with Crippen molar-refractivity contribution in [1.29, 1.82) is 0 Å². The third-order valence-corrected chi connectivity index (χ3v) is 4.21. The molecule has 27 heavy (non-hydrogen) atoms. The number of rotatable bonds is 4. The number of carbonyl (C=O) groups excluding carboxylic acids is 1. The molecule has 0 atom stereocenters. The number of benzene rings is 3. The van der Waals surface area contributed by atoms with Crippen LogP contribution in [-0.2, 0) is 0 Å². The Kier molecular flexibility index (Phi) is 4.68. The van der Waals surface area contributed by atoms with E-state index in [1.165, 1.54) is 0 Å². The van der Waals surface area contributed by atoms with Gasteiger partial charge in [0.05, 0.1) is 0 Å². The summed E-state index contributed by atoms with van der Waals surface area (Å²) in [6, 6.07) is 23.5. The lowest BCUT2D eigenvalue weighted by Crippen LogP contribution is -2.11. The molecule has 0 bridgehead atoms. The molecule has 5 nitrogen and oxygen atoms in total. The third-order valence-electron chi connectivity index (χ3n) is 3.95. The summed E-state index contributed by atoms with van der Waals surface area (Å²) in [5.74, 6) is 0.732. The molecule has 0 radical (unpaired) electrons. The van der Waals surface area contributed by atoms with Gasteiger partial charge in [-0.05, 0) is 60.7 Å². The van der Waals surface area contributed by atoms with Gasteiger partial charge in [0.1, 0.15) is 0 Å². The quantitative estimate of drug-likeness (QED) is 0.525. The normalized spacial score (nSPS) is 10.6. The number of anilines is 1. The van der Waals surface area contributed by atoms with Crippen LogP contribution in [0.15, 0.2) is 83.4 Å². The number of hydrogen-bond acceptors (Lipinski definition) is 4. The largest absolute Gasteiger partial charge is 0.334 e. The average molecular weight is 376 g/mol. The number of carbonyl (C=O) groups is 1. The van der Waals surface area contributed by atoms with Gasteiger partial charge in [-0.3, -0.25) is 4.79 Å². The Bertz CT molecular complexity index is 1060. The first-order valence-electron chi connectivity index (χ1n) is 8.25. The van der Waals surface area contributed by atoms with E-state index in [1.807, 2.05) is 42.5 Å². The predicted molar refractivity (Wildman–Crippen MR) is 105 cm³/mol. The lowest BCUT2D eigenvalue weighted by Gasteiger charge is -2.05. The Hall–Kier alpha value is -3.44. The minimum Gasteiger partial charge on any atom is -0.334 e. The zero-order chi connectivity index (χ0) is 18.6. The van der Waals surface area contributed by atoms with Crippen molar-refractivity contribution in [2.45, 2.75) is 0 Å². The Labute approximate surface area is 160 Å². The van der Waals surface area contributed by atoms with E-state index in [9.17, 15) is 4.79 Å². The van der Waals surface area contributed by atoms with Crippen molar-refractivity contribution in [3.63, 3.8) is 0 Å². The number of nitrogens with one attached hydrogen (secondary N) is 1. The molecular formula is C21H14ClN3O2. The molecule has 0 saturated heterocycles. The van der Waals surface area contributed by atoms with Gasteiger partial charge >= 0.3 is 0 Å². The minimum atomic E-state index is -0.161. The molecule has 6 heteroatoms. The van der Waals surface area contributed by atoms with Gasteiger partial charge in [-0.25, -0.2) is 0 Å². The molecule has 0 aliphatic rings. The summed E-state index contributed by atoms with van der Waals surface area (Å²) >= 11 is 5.90. The number of hydrogen-bond donors (Lipinski definition) is 1. The van der Waals surface area contributed by atoms with Gasteiger partial charge in [-0.15, -0.1) is 0 Å². The van der Waals surface area contributed by atoms with E-state index in [4.69, 9.17) is 16.1 Å². The van der Waals surface area contributed by atoms with Crippen LogP contribution < -0.4 is 5.32 Å². The Balaban J connectivity index is 1.49. The summed E-state index contributed by atoms with van der Waals surface area (Å²) in [6.07, 6.45) is 0. The topological polar surface area (TPSA) is 68.0 Å². The maximum atomic E-state index is 12.2.